The van der Waals surface area contributed by atoms with E-state index >= 15 is 0 Å². The van der Waals surface area contributed by atoms with Crippen molar-refractivity contribution in [1.82, 2.24) is 0 Å². The fourth-order valence-electron chi connectivity index (χ4n) is 5.07. The molecule has 2 aromatic carbocycles. The lowest BCUT2D eigenvalue weighted by Crippen LogP contribution is -2.18. The molecule has 0 fully saturated rings. The van der Waals surface area contributed by atoms with Gasteiger partial charge in [0.1, 0.15) is 19.1 Å². The van der Waals surface area contributed by atoms with Crippen LogP contribution in [0.25, 0.3) is 0 Å². The van der Waals surface area contributed by atoms with Crippen LogP contribution in [0.1, 0.15) is 145 Å². The van der Waals surface area contributed by atoms with E-state index in [-0.39, 0.29) is 53.8 Å². The van der Waals surface area contributed by atoms with E-state index in [1.54, 1.807) is 19.1 Å². The lowest BCUT2D eigenvalue weighted by Gasteiger charge is -2.29. The summed E-state index contributed by atoms with van der Waals surface area (Å²) in [5.74, 6) is 0.572. The first-order valence-electron chi connectivity index (χ1n) is 16.2. The molecule has 0 aliphatic carbocycles. The number of aromatic hydroxyl groups is 2. The molecule has 2 aromatic rings. The third-order valence-electron chi connectivity index (χ3n) is 7.30. The lowest BCUT2D eigenvalue weighted by atomic mass is 9.78. The highest BCUT2D eigenvalue weighted by atomic mass is 31.2. The van der Waals surface area contributed by atoms with Crippen LogP contribution < -0.4 is 4.89 Å². The molecule has 0 bridgehead atoms. The minimum absolute atomic E-state index is 0. The first-order valence-corrected chi connectivity index (χ1v) is 19.6. The minimum atomic E-state index is -3.91. The average molecular weight is 700 g/mol. The summed E-state index contributed by atoms with van der Waals surface area (Å²) < 4.78 is 40.5. The largest absolute Gasteiger partial charge is 0.778 e. The minimum Gasteiger partial charge on any atom is -0.778 e. The average Bonchev–Trinajstić information content (AvgIpc) is 2.83. The van der Waals surface area contributed by atoms with Crippen LogP contribution in [0.2, 0.25) is 0 Å². The lowest BCUT2D eigenvalue weighted by molar-refractivity contribution is -0.198. The van der Waals surface area contributed by atoms with Gasteiger partial charge in [-0.2, -0.15) is 0 Å². The summed E-state index contributed by atoms with van der Waals surface area (Å²) >= 11 is 0. The maximum atomic E-state index is 12.9. The molecule has 0 saturated carbocycles. The van der Waals surface area contributed by atoms with Crippen molar-refractivity contribution in [1.29, 1.82) is 0 Å². The summed E-state index contributed by atoms with van der Waals surface area (Å²) in [6.45, 7) is 30.4. The molecule has 2 rings (SSSR count). The quantitative estimate of drug-likeness (QED) is 0.235. The van der Waals surface area contributed by atoms with Crippen molar-refractivity contribution in [3.8, 4) is 11.5 Å². The standard InChI is InChI=1S/C19H33O4P.C17H29O4P.CH4/c1-9-22-24(21,23-10-2)13-14-11-15(18(3,4)5)17(20)16(12-14)19(6,7)8;1-8-21-22(19,20)11-12-9-13(16(2,3)4)15(18)14(10-12)17(5,6)7;/h11-12,20H,9-10,13H2,1-8H3;9-10,18H,8,11H2,1-7H3,(H,19,20);1H4/p-1. The third kappa shape index (κ3) is 13.6. The Balaban J connectivity index is 0.000000885. The first-order chi connectivity index (χ1) is 20.6. The van der Waals surface area contributed by atoms with Crippen LogP contribution in [0.4, 0.5) is 0 Å². The number of hydrogen-bond donors (Lipinski definition) is 2. The molecule has 47 heavy (non-hydrogen) atoms. The van der Waals surface area contributed by atoms with E-state index in [1.807, 2.05) is 67.5 Å². The van der Waals surface area contributed by atoms with Crippen molar-refractivity contribution in [2.24, 2.45) is 0 Å². The zero-order chi connectivity index (χ0) is 36.1. The summed E-state index contributed by atoms with van der Waals surface area (Å²) in [6.07, 6.45) is 0.0500. The van der Waals surface area contributed by atoms with Gasteiger partial charge in [0.2, 0.25) is 0 Å². The smallest absolute Gasteiger partial charge is 0.335 e. The van der Waals surface area contributed by atoms with Gasteiger partial charge in [-0.3, -0.25) is 4.57 Å². The molecule has 2 N–H and O–H groups in total. The summed E-state index contributed by atoms with van der Waals surface area (Å²) in [4.78, 5) is 11.9. The maximum Gasteiger partial charge on any atom is 0.335 e. The SMILES string of the molecule is C.CCOP(=O)(Cc1cc(C(C)(C)C)c(O)c(C(C)(C)C)c1)OCC.CCOP(=O)([O-])Cc1cc(C(C)(C)C)c(O)c(C(C)(C)C)c1. The van der Waals surface area contributed by atoms with Gasteiger partial charge >= 0.3 is 7.60 Å². The first kappa shape index (κ1) is 45.3. The fraction of sp³-hybridized carbons (Fsp3) is 0.676. The van der Waals surface area contributed by atoms with Gasteiger partial charge in [0.15, 0.2) is 0 Å². The van der Waals surface area contributed by atoms with Crippen molar-refractivity contribution < 1.29 is 37.8 Å². The van der Waals surface area contributed by atoms with E-state index in [0.717, 1.165) is 27.8 Å². The molecule has 8 nitrogen and oxygen atoms in total. The molecule has 272 valence electrons. The second-order valence-electron chi connectivity index (χ2n) is 15.9. The second kappa shape index (κ2) is 16.8. The Labute approximate surface area is 286 Å². The van der Waals surface area contributed by atoms with Crippen molar-refractivity contribution in [2.75, 3.05) is 19.8 Å². The Morgan fingerprint density at radius 3 is 1.04 bits per heavy atom. The normalized spacial score (nSPS) is 14.1. The molecule has 10 heteroatoms. The number of hydrogen-bond acceptors (Lipinski definition) is 8. The van der Waals surface area contributed by atoms with Gasteiger partial charge < -0.3 is 33.2 Å². The molecule has 0 aliphatic heterocycles. The van der Waals surface area contributed by atoms with Crippen LogP contribution in [-0.2, 0) is 56.7 Å². The fourth-order valence-corrected chi connectivity index (χ4v) is 7.86. The topological polar surface area (TPSA) is 125 Å². The number of phenols is 2. The van der Waals surface area contributed by atoms with Crippen LogP contribution >= 0.6 is 15.2 Å². The van der Waals surface area contributed by atoms with E-state index in [1.165, 1.54) is 0 Å². The number of phenolic OH excluding ortho intramolecular Hbond substituents is 2. The summed E-state index contributed by atoms with van der Waals surface area (Å²) in [5.41, 5.74) is 3.74. The zero-order valence-corrected chi connectivity index (χ0v) is 32.9. The van der Waals surface area contributed by atoms with Crippen molar-refractivity contribution >= 4 is 15.2 Å². The van der Waals surface area contributed by atoms with Crippen molar-refractivity contribution in [2.45, 2.75) is 145 Å². The molecule has 0 radical (unpaired) electrons. The van der Waals surface area contributed by atoms with Gasteiger partial charge in [-0.25, -0.2) is 0 Å². The van der Waals surface area contributed by atoms with Crippen molar-refractivity contribution in [3.05, 3.63) is 57.6 Å². The van der Waals surface area contributed by atoms with Gasteiger partial charge in [-0.05, 0) is 75.8 Å². The van der Waals surface area contributed by atoms with Gasteiger partial charge in [-0.1, -0.05) is 115 Å². The van der Waals surface area contributed by atoms with E-state index < -0.39 is 15.2 Å². The molecular weight excluding hydrogens is 634 g/mol. The summed E-state index contributed by atoms with van der Waals surface area (Å²) in [6, 6.07) is 7.40. The Morgan fingerprint density at radius 2 is 0.809 bits per heavy atom. The predicted octanol–water partition coefficient (Wildman–Crippen LogP) is 10.5. The Hall–Kier alpha value is -1.66. The molecule has 1 unspecified atom stereocenters. The monoisotopic (exact) mass is 699 g/mol. The van der Waals surface area contributed by atoms with Gasteiger partial charge in [0.05, 0.1) is 26.0 Å². The van der Waals surface area contributed by atoms with Crippen LogP contribution in [0, 0.1) is 0 Å². The second-order valence-corrected chi connectivity index (χ2v) is 19.7. The van der Waals surface area contributed by atoms with Gasteiger partial charge in [-0.15, -0.1) is 0 Å². The number of benzene rings is 2. The van der Waals surface area contributed by atoms with Gasteiger partial charge in [0.25, 0.3) is 0 Å². The van der Waals surface area contributed by atoms with E-state index in [2.05, 4.69) is 41.5 Å². The molecule has 0 aliphatic rings. The molecular formula is C37H65O8P2-. The Kier molecular flexibility index (Phi) is 16.2. The molecule has 0 amide bonds. The summed E-state index contributed by atoms with van der Waals surface area (Å²) in [7, 11) is -7.09. The zero-order valence-electron chi connectivity index (χ0n) is 31.1. The van der Waals surface area contributed by atoms with Crippen LogP contribution in [-0.4, -0.2) is 30.0 Å². The van der Waals surface area contributed by atoms with E-state index in [4.69, 9.17) is 13.6 Å². The van der Waals surface area contributed by atoms with E-state index in [0.29, 0.717) is 24.5 Å². The Morgan fingerprint density at radius 1 is 0.553 bits per heavy atom. The van der Waals surface area contributed by atoms with Crippen LogP contribution in [0.3, 0.4) is 0 Å². The molecule has 0 heterocycles. The summed E-state index contributed by atoms with van der Waals surface area (Å²) in [5, 5.41) is 21.4. The Bertz CT molecular complexity index is 1320. The molecule has 0 aromatic heterocycles. The highest BCUT2D eigenvalue weighted by Gasteiger charge is 2.31. The third-order valence-corrected chi connectivity index (χ3v) is 10.8. The molecule has 0 saturated heterocycles. The predicted molar refractivity (Wildman–Crippen MR) is 195 cm³/mol. The van der Waals surface area contributed by atoms with Crippen LogP contribution in [0.5, 0.6) is 11.5 Å². The molecule has 1 atom stereocenters. The number of rotatable bonds is 10. The maximum absolute atomic E-state index is 12.9. The van der Waals surface area contributed by atoms with E-state index in [9.17, 15) is 24.2 Å². The van der Waals surface area contributed by atoms with Crippen molar-refractivity contribution in [3.63, 3.8) is 0 Å². The molecule has 0 spiro atoms. The van der Waals surface area contributed by atoms with Gasteiger partial charge in [0, 0.05) is 6.16 Å². The highest BCUT2D eigenvalue weighted by Crippen LogP contribution is 2.52. The highest BCUT2D eigenvalue weighted by molar-refractivity contribution is 7.53. The van der Waals surface area contributed by atoms with Crippen LogP contribution in [0.15, 0.2) is 24.3 Å².